The fourth-order valence-corrected chi connectivity index (χ4v) is 2.29. The van der Waals surface area contributed by atoms with E-state index in [0.29, 0.717) is 11.5 Å². The highest BCUT2D eigenvalue weighted by atomic mass is 16.1. The number of rotatable bonds is 5. The summed E-state index contributed by atoms with van der Waals surface area (Å²) in [5, 5.41) is 7.15. The second-order valence-electron chi connectivity index (χ2n) is 5.49. The number of aryl methyl sites for hydroxylation is 1. The lowest BCUT2D eigenvalue weighted by Gasteiger charge is -2.15. The average molecular weight is 285 g/mol. The maximum Gasteiger partial charge on any atom is 0.254 e. The van der Waals surface area contributed by atoms with Crippen molar-refractivity contribution in [1.29, 1.82) is 0 Å². The summed E-state index contributed by atoms with van der Waals surface area (Å²) in [7, 11) is 1.86. The monoisotopic (exact) mass is 285 g/mol. The topological polar surface area (TPSA) is 72.7 Å². The summed E-state index contributed by atoms with van der Waals surface area (Å²) in [5.74, 6) is 1.21. The highest BCUT2D eigenvalue weighted by molar-refractivity contribution is 5.93. The van der Waals surface area contributed by atoms with Gasteiger partial charge in [0.25, 0.3) is 5.91 Å². The molecule has 6 nitrogen and oxygen atoms in total. The molecule has 1 fully saturated rings. The molecule has 2 aromatic rings. The number of carbonyl (C=O) groups excluding carboxylic acids is 1. The third-order valence-electron chi connectivity index (χ3n) is 3.72. The van der Waals surface area contributed by atoms with Crippen LogP contribution in [0.5, 0.6) is 0 Å². The summed E-state index contributed by atoms with van der Waals surface area (Å²) in [6.45, 7) is 2.03. The summed E-state index contributed by atoms with van der Waals surface area (Å²) in [5.41, 5.74) is 1.51. The van der Waals surface area contributed by atoms with Crippen molar-refractivity contribution in [2.75, 3.05) is 0 Å². The zero-order chi connectivity index (χ0) is 14.8. The summed E-state index contributed by atoms with van der Waals surface area (Å²) in [4.78, 5) is 20.8. The van der Waals surface area contributed by atoms with Gasteiger partial charge in [0.05, 0.1) is 17.8 Å². The predicted octanol–water partition coefficient (Wildman–Crippen LogP) is 1.97. The summed E-state index contributed by atoms with van der Waals surface area (Å²) < 4.78 is 1.73. The molecule has 1 saturated carbocycles. The zero-order valence-electron chi connectivity index (χ0n) is 12.3. The molecular weight excluding hydrogens is 266 g/mol. The lowest BCUT2D eigenvalue weighted by atomic mass is 10.1. The first-order chi connectivity index (χ1) is 10.2. The van der Waals surface area contributed by atoms with Crippen LogP contribution in [0.15, 0.2) is 24.8 Å². The third kappa shape index (κ3) is 3.09. The Morgan fingerprint density at radius 2 is 2.10 bits per heavy atom. The van der Waals surface area contributed by atoms with Crippen LogP contribution in [-0.4, -0.2) is 25.7 Å². The molecule has 0 radical (unpaired) electrons. The Hall–Kier alpha value is -2.24. The molecule has 1 N–H and O–H groups in total. The van der Waals surface area contributed by atoms with E-state index in [1.54, 1.807) is 23.3 Å². The van der Waals surface area contributed by atoms with Gasteiger partial charge in [-0.25, -0.2) is 9.97 Å². The highest BCUT2D eigenvalue weighted by Gasteiger charge is 2.26. The summed E-state index contributed by atoms with van der Waals surface area (Å²) in [6, 6.07) is -0.0469. The maximum absolute atomic E-state index is 12.3. The van der Waals surface area contributed by atoms with Crippen molar-refractivity contribution >= 4 is 5.91 Å². The van der Waals surface area contributed by atoms with E-state index in [2.05, 4.69) is 20.4 Å². The number of hydrogen-bond acceptors (Lipinski definition) is 4. The van der Waals surface area contributed by atoms with Gasteiger partial charge in [0.1, 0.15) is 5.82 Å². The lowest BCUT2D eigenvalue weighted by molar-refractivity contribution is 0.0934. The average Bonchev–Trinajstić information content (AvgIpc) is 3.27. The van der Waals surface area contributed by atoms with E-state index in [-0.39, 0.29) is 11.9 Å². The maximum atomic E-state index is 12.3. The quantitative estimate of drug-likeness (QED) is 0.911. The van der Waals surface area contributed by atoms with Crippen molar-refractivity contribution in [3.8, 4) is 0 Å². The van der Waals surface area contributed by atoms with Crippen LogP contribution in [-0.2, 0) is 7.05 Å². The fourth-order valence-electron chi connectivity index (χ4n) is 2.29. The molecule has 0 unspecified atom stereocenters. The largest absolute Gasteiger partial charge is 0.345 e. The standard InChI is InChI=1S/C15H19N5O/c1-3-13(12-8-18-20(2)9-12)19-15(21)11-6-16-14(17-7-11)10-4-5-10/h6-10,13H,3-5H2,1-2H3,(H,19,21)/t13-/m0/s1. The van der Waals surface area contributed by atoms with E-state index in [1.807, 2.05) is 20.2 Å². The van der Waals surface area contributed by atoms with Gasteiger partial charge in [0, 0.05) is 37.1 Å². The second kappa shape index (κ2) is 5.63. The van der Waals surface area contributed by atoms with Crippen LogP contribution in [0.1, 0.15) is 59.9 Å². The number of aromatic nitrogens is 4. The minimum absolute atomic E-state index is 0.0469. The number of nitrogens with zero attached hydrogens (tertiary/aromatic N) is 4. The number of carbonyl (C=O) groups is 1. The predicted molar refractivity (Wildman–Crippen MR) is 77.7 cm³/mol. The molecule has 0 spiro atoms. The van der Waals surface area contributed by atoms with E-state index in [1.165, 1.54) is 0 Å². The van der Waals surface area contributed by atoms with Crippen LogP contribution in [0.25, 0.3) is 0 Å². The Morgan fingerprint density at radius 3 is 2.62 bits per heavy atom. The minimum atomic E-state index is -0.145. The highest BCUT2D eigenvalue weighted by Crippen LogP contribution is 2.37. The smallest absolute Gasteiger partial charge is 0.254 e. The van der Waals surface area contributed by atoms with Crippen LogP contribution in [0.2, 0.25) is 0 Å². The molecule has 2 aromatic heterocycles. The molecule has 3 rings (SSSR count). The molecule has 0 aromatic carbocycles. The van der Waals surface area contributed by atoms with E-state index >= 15 is 0 Å². The van der Waals surface area contributed by atoms with Crippen LogP contribution in [0.3, 0.4) is 0 Å². The first-order valence-electron chi connectivity index (χ1n) is 7.28. The molecule has 1 atom stereocenters. The lowest BCUT2D eigenvalue weighted by Crippen LogP contribution is -2.28. The Morgan fingerprint density at radius 1 is 1.38 bits per heavy atom. The number of hydrogen-bond donors (Lipinski definition) is 1. The van der Waals surface area contributed by atoms with Gasteiger partial charge in [0.2, 0.25) is 0 Å². The normalized spacial score (nSPS) is 15.7. The van der Waals surface area contributed by atoms with Gasteiger partial charge in [-0.2, -0.15) is 5.10 Å². The van der Waals surface area contributed by atoms with Gasteiger partial charge in [-0.3, -0.25) is 9.48 Å². The van der Waals surface area contributed by atoms with Gasteiger partial charge in [-0.15, -0.1) is 0 Å². The zero-order valence-corrected chi connectivity index (χ0v) is 12.3. The van der Waals surface area contributed by atoms with E-state index in [0.717, 1.165) is 30.7 Å². The van der Waals surface area contributed by atoms with Crippen LogP contribution < -0.4 is 5.32 Å². The Bertz CT molecular complexity index is 630. The Kier molecular flexibility index (Phi) is 3.68. The molecule has 1 aliphatic rings. The first-order valence-corrected chi connectivity index (χ1v) is 7.28. The van der Waals surface area contributed by atoms with Crippen molar-refractivity contribution in [1.82, 2.24) is 25.1 Å². The molecule has 0 saturated heterocycles. The summed E-state index contributed by atoms with van der Waals surface area (Å²) >= 11 is 0. The van der Waals surface area contributed by atoms with Gasteiger partial charge < -0.3 is 5.32 Å². The van der Waals surface area contributed by atoms with Gasteiger partial charge in [0.15, 0.2) is 0 Å². The minimum Gasteiger partial charge on any atom is -0.345 e. The molecule has 2 heterocycles. The fraction of sp³-hybridized carbons (Fsp3) is 0.467. The third-order valence-corrected chi connectivity index (χ3v) is 3.72. The first kappa shape index (κ1) is 13.7. The van der Waals surface area contributed by atoms with Gasteiger partial charge >= 0.3 is 0 Å². The van der Waals surface area contributed by atoms with Gasteiger partial charge in [-0.1, -0.05) is 6.92 Å². The van der Waals surface area contributed by atoms with E-state index in [4.69, 9.17) is 0 Å². The molecular formula is C15H19N5O. The molecule has 6 heteroatoms. The molecule has 110 valence electrons. The van der Waals surface area contributed by atoms with Crippen molar-refractivity contribution in [3.63, 3.8) is 0 Å². The number of amides is 1. The Labute approximate surface area is 123 Å². The van der Waals surface area contributed by atoms with Crippen LogP contribution in [0, 0.1) is 0 Å². The van der Waals surface area contributed by atoms with Crippen LogP contribution >= 0.6 is 0 Å². The molecule has 0 bridgehead atoms. The number of nitrogens with one attached hydrogen (secondary N) is 1. The van der Waals surface area contributed by atoms with Crippen molar-refractivity contribution < 1.29 is 4.79 Å². The second-order valence-corrected chi connectivity index (χ2v) is 5.49. The van der Waals surface area contributed by atoms with E-state index in [9.17, 15) is 4.79 Å². The van der Waals surface area contributed by atoms with E-state index < -0.39 is 0 Å². The van der Waals surface area contributed by atoms with Gasteiger partial charge in [-0.05, 0) is 19.3 Å². The molecule has 1 amide bonds. The van der Waals surface area contributed by atoms with Crippen molar-refractivity contribution in [2.24, 2.45) is 7.05 Å². The summed E-state index contributed by atoms with van der Waals surface area (Å²) in [6.07, 6.45) is 10.0. The van der Waals surface area contributed by atoms with Crippen molar-refractivity contribution in [3.05, 3.63) is 41.7 Å². The van der Waals surface area contributed by atoms with Crippen LogP contribution in [0.4, 0.5) is 0 Å². The molecule has 21 heavy (non-hydrogen) atoms. The molecule has 0 aliphatic heterocycles. The molecule has 1 aliphatic carbocycles. The van der Waals surface area contributed by atoms with Crippen molar-refractivity contribution in [2.45, 2.75) is 38.1 Å². The Balaban J connectivity index is 1.69. The SMILES string of the molecule is CC[C@H](NC(=O)c1cnc(C2CC2)nc1)c1cnn(C)c1.